The van der Waals surface area contributed by atoms with Gasteiger partial charge < -0.3 is 15.1 Å². The van der Waals surface area contributed by atoms with E-state index in [4.69, 9.17) is 4.99 Å². The van der Waals surface area contributed by atoms with Crippen LogP contribution in [0.4, 0.5) is 5.95 Å². The zero-order valence-corrected chi connectivity index (χ0v) is 19.8. The first-order valence-electron chi connectivity index (χ1n) is 9.75. The van der Waals surface area contributed by atoms with Gasteiger partial charge in [0.15, 0.2) is 15.8 Å². The average molecular weight is 522 g/mol. The van der Waals surface area contributed by atoms with Crippen molar-refractivity contribution >= 4 is 45.7 Å². The van der Waals surface area contributed by atoms with Crippen molar-refractivity contribution in [3.8, 4) is 0 Å². The minimum atomic E-state index is -2.86. The van der Waals surface area contributed by atoms with E-state index in [0.717, 1.165) is 50.9 Å². The Bertz CT molecular complexity index is 738. The Kier molecular flexibility index (Phi) is 8.72. The second kappa shape index (κ2) is 10.6. The van der Waals surface area contributed by atoms with Gasteiger partial charge in [-0.25, -0.2) is 18.4 Å². The molecule has 28 heavy (non-hydrogen) atoms. The summed E-state index contributed by atoms with van der Waals surface area (Å²) >= 11 is 0. The summed E-state index contributed by atoms with van der Waals surface area (Å²) in [5.41, 5.74) is 0. The maximum absolute atomic E-state index is 11.7. The molecule has 2 atom stereocenters. The molecule has 2 fully saturated rings. The zero-order chi connectivity index (χ0) is 19.3. The molecule has 0 aliphatic carbocycles. The van der Waals surface area contributed by atoms with Gasteiger partial charge in [0.25, 0.3) is 0 Å². The summed E-state index contributed by atoms with van der Waals surface area (Å²) in [4.78, 5) is 17.9. The van der Waals surface area contributed by atoms with Gasteiger partial charge in [-0.2, -0.15) is 0 Å². The Hall–Kier alpha value is -1.17. The second-order valence-electron chi connectivity index (χ2n) is 7.41. The van der Waals surface area contributed by atoms with E-state index in [0.29, 0.717) is 18.3 Å². The van der Waals surface area contributed by atoms with Crippen LogP contribution in [0.1, 0.15) is 26.7 Å². The Morgan fingerprint density at radius 3 is 2.54 bits per heavy atom. The van der Waals surface area contributed by atoms with E-state index >= 15 is 0 Å². The summed E-state index contributed by atoms with van der Waals surface area (Å²) in [5, 5.41) is 3.51. The molecule has 2 unspecified atom stereocenters. The van der Waals surface area contributed by atoms with E-state index in [2.05, 4.69) is 38.9 Å². The number of nitrogens with zero attached hydrogens (tertiary/aromatic N) is 5. The Labute approximate surface area is 185 Å². The van der Waals surface area contributed by atoms with Gasteiger partial charge in [0, 0.05) is 51.2 Å². The number of rotatable bonds is 5. The molecular weight excluding hydrogens is 491 g/mol. The molecule has 1 aromatic heterocycles. The topological polar surface area (TPSA) is 90.8 Å². The molecule has 0 aromatic carbocycles. The molecule has 2 saturated heterocycles. The van der Waals surface area contributed by atoms with E-state index in [1.165, 1.54) is 0 Å². The third-order valence-electron chi connectivity index (χ3n) is 5.23. The highest BCUT2D eigenvalue weighted by atomic mass is 127. The molecular formula is C18H31IN6O2S. The van der Waals surface area contributed by atoms with E-state index < -0.39 is 9.84 Å². The average Bonchev–Trinajstić information content (AvgIpc) is 3.04. The van der Waals surface area contributed by atoms with Crippen molar-refractivity contribution in [2.75, 3.05) is 49.1 Å². The van der Waals surface area contributed by atoms with E-state index in [9.17, 15) is 8.42 Å². The quantitative estimate of drug-likeness (QED) is 0.355. The molecule has 1 aromatic rings. The minimum Gasteiger partial charge on any atom is -0.354 e. The predicted octanol–water partition coefficient (Wildman–Crippen LogP) is 1.40. The molecule has 0 saturated carbocycles. The van der Waals surface area contributed by atoms with Gasteiger partial charge in [-0.05, 0) is 31.7 Å². The van der Waals surface area contributed by atoms with Gasteiger partial charge in [-0.3, -0.25) is 4.99 Å². The predicted molar refractivity (Wildman–Crippen MR) is 123 cm³/mol. The molecule has 0 spiro atoms. The van der Waals surface area contributed by atoms with Gasteiger partial charge >= 0.3 is 0 Å². The Balaban J connectivity index is 0.00000280. The molecule has 2 aliphatic heterocycles. The van der Waals surface area contributed by atoms with Gasteiger partial charge in [-0.1, -0.05) is 6.92 Å². The van der Waals surface area contributed by atoms with Crippen molar-refractivity contribution in [2.24, 2.45) is 10.9 Å². The molecule has 158 valence electrons. The number of sulfone groups is 1. The molecule has 2 aliphatic rings. The summed E-state index contributed by atoms with van der Waals surface area (Å²) in [7, 11) is -2.86. The largest absolute Gasteiger partial charge is 0.354 e. The number of anilines is 1. The minimum absolute atomic E-state index is 0. The SMILES string of the molecule is CCC(C)NC(=NCC1CCS(=O)(=O)C1)N1CCN(c2ncccn2)CC1.I. The lowest BCUT2D eigenvalue weighted by Gasteiger charge is -2.37. The first kappa shape index (κ1) is 23.1. The number of hydrogen-bond acceptors (Lipinski definition) is 6. The van der Waals surface area contributed by atoms with Crippen LogP contribution in [0.3, 0.4) is 0 Å². The van der Waals surface area contributed by atoms with Crippen LogP contribution < -0.4 is 10.2 Å². The molecule has 1 N–H and O–H groups in total. The summed E-state index contributed by atoms with van der Waals surface area (Å²) in [6.45, 7) is 8.20. The van der Waals surface area contributed by atoms with Crippen LogP contribution in [0.25, 0.3) is 0 Å². The molecule has 10 heteroatoms. The summed E-state index contributed by atoms with van der Waals surface area (Å²) in [6, 6.07) is 2.15. The van der Waals surface area contributed by atoms with Crippen LogP contribution in [-0.2, 0) is 9.84 Å². The standard InChI is InChI=1S/C18H30N6O2S.HI/c1-3-15(2)22-18(21-13-16-5-12-27(25,26)14-16)24-10-8-23(9-11-24)17-19-6-4-7-20-17;/h4,6-7,15-16H,3,5,8-14H2,1-2H3,(H,21,22);1H. The highest BCUT2D eigenvalue weighted by molar-refractivity contribution is 14.0. The number of aliphatic imine (C=N–C) groups is 1. The maximum Gasteiger partial charge on any atom is 0.225 e. The van der Waals surface area contributed by atoms with Crippen LogP contribution >= 0.6 is 24.0 Å². The fourth-order valence-corrected chi connectivity index (χ4v) is 5.21. The lowest BCUT2D eigenvalue weighted by atomic mass is 10.1. The number of hydrogen-bond donors (Lipinski definition) is 1. The fourth-order valence-electron chi connectivity index (χ4n) is 3.36. The van der Waals surface area contributed by atoms with Gasteiger partial charge in [0.1, 0.15) is 0 Å². The number of aromatic nitrogens is 2. The van der Waals surface area contributed by atoms with Crippen molar-refractivity contribution < 1.29 is 8.42 Å². The first-order chi connectivity index (χ1) is 13.0. The van der Waals surface area contributed by atoms with E-state index in [1.54, 1.807) is 12.4 Å². The number of nitrogens with one attached hydrogen (secondary N) is 1. The van der Waals surface area contributed by atoms with E-state index in [-0.39, 0.29) is 35.6 Å². The fraction of sp³-hybridized carbons (Fsp3) is 0.722. The maximum atomic E-state index is 11.7. The normalized spacial score (nSPS) is 23.2. The summed E-state index contributed by atoms with van der Waals surface area (Å²) in [5.74, 6) is 2.37. The smallest absolute Gasteiger partial charge is 0.225 e. The lowest BCUT2D eigenvalue weighted by Crippen LogP contribution is -2.54. The summed E-state index contributed by atoms with van der Waals surface area (Å²) < 4.78 is 23.4. The van der Waals surface area contributed by atoms with Gasteiger partial charge in [0.2, 0.25) is 5.95 Å². The van der Waals surface area contributed by atoms with Gasteiger partial charge in [0.05, 0.1) is 11.5 Å². The molecule has 3 heterocycles. The van der Waals surface area contributed by atoms with Gasteiger partial charge in [-0.15, -0.1) is 24.0 Å². The Morgan fingerprint density at radius 2 is 1.96 bits per heavy atom. The number of guanidine groups is 1. The highest BCUT2D eigenvalue weighted by Crippen LogP contribution is 2.19. The van der Waals surface area contributed by atoms with Crippen LogP contribution in [0.5, 0.6) is 0 Å². The molecule has 0 radical (unpaired) electrons. The lowest BCUT2D eigenvalue weighted by molar-refractivity contribution is 0.362. The van der Waals surface area contributed by atoms with Crippen molar-refractivity contribution in [3.05, 3.63) is 18.5 Å². The number of halogens is 1. The summed E-state index contributed by atoms with van der Waals surface area (Å²) in [6.07, 6.45) is 5.26. The third kappa shape index (κ3) is 6.43. The van der Waals surface area contributed by atoms with Crippen LogP contribution in [-0.4, -0.2) is 79.5 Å². The van der Waals surface area contributed by atoms with Crippen LogP contribution in [0, 0.1) is 5.92 Å². The third-order valence-corrected chi connectivity index (χ3v) is 7.07. The van der Waals surface area contributed by atoms with E-state index in [1.807, 2.05) is 6.07 Å². The van der Waals surface area contributed by atoms with Crippen molar-refractivity contribution in [3.63, 3.8) is 0 Å². The molecule has 3 rings (SSSR count). The van der Waals surface area contributed by atoms with Crippen LogP contribution in [0.2, 0.25) is 0 Å². The zero-order valence-electron chi connectivity index (χ0n) is 16.6. The van der Waals surface area contributed by atoms with Crippen molar-refractivity contribution in [1.29, 1.82) is 0 Å². The Morgan fingerprint density at radius 1 is 1.29 bits per heavy atom. The number of piperazine rings is 1. The molecule has 8 nitrogen and oxygen atoms in total. The van der Waals surface area contributed by atoms with Crippen molar-refractivity contribution in [1.82, 2.24) is 20.2 Å². The first-order valence-corrected chi connectivity index (χ1v) is 11.6. The monoisotopic (exact) mass is 522 g/mol. The van der Waals surface area contributed by atoms with Crippen LogP contribution in [0.15, 0.2) is 23.5 Å². The van der Waals surface area contributed by atoms with Crippen molar-refractivity contribution in [2.45, 2.75) is 32.7 Å². The molecule has 0 bridgehead atoms. The molecule has 0 amide bonds. The second-order valence-corrected chi connectivity index (χ2v) is 9.64. The highest BCUT2D eigenvalue weighted by Gasteiger charge is 2.28.